The van der Waals surface area contributed by atoms with Crippen LogP contribution in [0.4, 0.5) is 0 Å². The second-order valence-corrected chi connectivity index (χ2v) is 11.3. The minimum absolute atomic E-state index is 0.149. The number of ether oxygens (including phenoxy) is 4. The average molecular weight is 672 g/mol. The first-order chi connectivity index (χ1) is 24.3. The summed E-state index contributed by atoms with van der Waals surface area (Å²) >= 11 is 0. The SMILES string of the molecule is CCOc1c(OCC)c2cc(C(=O)C(=NOC(C)=O)C(=O)c3ccc4c(c3)c(OCC)c(OCC)c3ccccc34)ccc2c2ccccc12. The number of benzene rings is 6. The Hall–Kier alpha value is -5.96. The highest BCUT2D eigenvalue weighted by Gasteiger charge is 2.28. The van der Waals surface area contributed by atoms with Crippen LogP contribution in [-0.4, -0.2) is 49.7 Å². The van der Waals surface area contributed by atoms with Gasteiger partial charge in [-0.05, 0) is 61.4 Å². The maximum Gasteiger partial charge on any atom is 0.332 e. The number of Topliss-reactive ketones (excluding diaryl/α,β-unsaturated/α-hetero) is 2. The summed E-state index contributed by atoms with van der Waals surface area (Å²) in [7, 11) is 0. The lowest BCUT2D eigenvalue weighted by Crippen LogP contribution is -2.25. The lowest BCUT2D eigenvalue weighted by atomic mass is 9.93. The molecule has 0 saturated heterocycles. The normalized spacial score (nSPS) is 11.1. The van der Waals surface area contributed by atoms with Gasteiger partial charge in [0.2, 0.25) is 11.6 Å². The minimum atomic E-state index is -0.780. The molecule has 0 spiro atoms. The number of carbonyl (C=O) groups excluding carboxylic acids is 3. The van der Waals surface area contributed by atoms with Crippen LogP contribution in [0.15, 0.2) is 90.1 Å². The Labute approximate surface area is 289 Å². The molecule has 9 nitrogen and oxygen atoms in total. The Balaban J connectivity index is 1.51. The first-order valence-corrected chi connectivity index (χ1v) is 16.7. The first kappa shape index (κ1) is 33.9. The third kappa shape index (κ3) is 6.18. The number of ketones is 2. The largest absolute Gasteiger partial charge is 0.489 e. The summed E-state index contributed by atoms with van der Waals surface area (Å²) in [6.07, 6.45) is 0. The smallest absolute Gasteiger partial charge is 0.332 e. The summed E-state index contributed by atoms with van der Waals surface area (Å²) in [5.41, 5.74) is -0.266. The molecular weight excluding hydrogens is 634 g/mol. The van der Waals surface area contributed by atoms with Crippen LogP contribution in [0.1, 0.15) is 55.3 Å². The number of oxime groups is 1. The van der Waals surface area contributed by atoms with Gasteiger partial charge >= 0.3 is 5.97 Å². The van der Waals surface area contributed by atoms with E-state index in [0.717, 1.165) is 39.2 Å². The van der Waals surface area contributed by atoms with Crippen molar-refractivity contribution in [2.24, 2.45) is 5.16 Å². The van der Waals surface area contributed by atoms with Crippen molar-refractivity contribution < 1.29 is 38.2 Å². The fraction of sp³-hybridized carbons (Fsp3) is 0.220. The molecule has 6 rings (SSSR count). The van der Waals surface area contributed by atoms with Gasteiger partial charge in [0.15, 0.2) is 28.7 Å². The van der Waals surface area contributed by atoms with Crippen LogP contribution in [0.2, 0.25) is 0 Å². The topological polar surface area (TPSA) is 110 Å². The lowest BCUT2D eigenvalue weighted by Gasteiger charge is -2.18. The third-order valence-electron chi connectivity index (χ3n) is 8.24. The Kier molecular flexibility index (Phi) is 9.94. The van der Waals surface area contributed by atoms with Crippen molar-refractivity contribution in [3.8, 4) is 23.0 Å². The molecule has 50 heavy (non-hydrogen) atoms. The summed E-state index contributed by atoms with van der Waals surface area (Å²) in [6, 6.07) is 25.8. The molecule has 0 heterocycles. The quantitative estimate of drug-likeness (QED) is 0.0299. The molecule has 0 saturated carbocycles. The number of hydrogen-bond donors (Lipinski definition) is 0. The molecule has 0 unspecified atom stereocenters. The zero-order valence-electron chi connectivity index (χ0n) is 28.6. The number of nitrogens with zero attached hydrogens (tertiary/aromatic N) is 1. The van der Waals surface area contributed by atoms with Crippen molar-refractivity contribution in [1.82, 2.24) is 0 Å². The van der Waals surface area contributed by atoms with Gasteiger partial charge in [-0.25, -0.2) is 4.79 Å². The highest BCUT2D eigenvalue weighted by Crippen LogP contribution is 2.45. The zero-order valence-corrected chi connectivity index (χ0v) is 28.6. The van der Waals surface area contributed by atoms with Crippen molar-refractivity contribution in [2.75, 3.05) is 26.4 Å². The molecule has 0 atom stereocenters. The van der Waals surface area contributed by atoms with E-state index in [1.54, 1.807) is 24.3 Å². The number of hydrogen-bond acceptors (Lipinski definition) is 9. The van der Waals surface area contributed by atoms with E-state index >= 15 is 0 Å². The summed E-state index contributed by atoms with van der Waals surface area (Å²) < 4.78 is 24.3. The van der Waals surface area contributed by atoms with Gasteiger partial charge in [-0.3, -0.25) is 9.59 Å². The maximum atomic E-state index is 14.2. The van der Waals surface area contributed by atoms with Crippen molar-refractivity contribution in [2.45, 2.75) is 34.6 Å². The van der Waals surface area contributed by atoms with E-state index in [0.29, 0.717) is 60.2 Å². The van der Waals surface area contributed by atoms with Gasteiger partial charge in [0.25, 0.3) is 0 Å². The Morgan fingerprint density at radius 3 is 1.18 bits per heavy atom. The van der Waals surface area contributed by atoms with Gasteiger partial charge < -0.3 is 23.8 Å². The highest BCUT2D eigenvalue weighted by molar-refractivity contribution is 6.72. The van der Waals surface area contributed by atoms with Gasteiger partial charge in [0.05, 0.1) is 26.4 Å². The fourth-order valence-electron chi connectivity index (χ4n) is 6.26. The van der Waals surface area contributed by atoms with Gasteiger partial charge in [-0.15, -0.1) is 0 Å². The molecule has 9 heteroatoms. The summed E-state index contributed by atoms with van der Waals surface area (Å²) in [5.74, 6) is -0.149. The predicted octanol–water partition coefficient (Wildman–Crippen LogP) is 8.88. The van der Waals surface area contributed by atoms with Gasteiger partial charge in [0.1, 0.15) is 0 Å². The molecule has 0 radical (unpaired) electrons. The van der Waals surface area contributed by atoms with Crippen LogP contribution in [0.5, 0.6) is 23.0 Å². The molecule has 254 valence electrons. The first-order valence-electron chi connectivity index (χ1n) is 16.7. The van der Waals surface area contributed by atoms with Crippen LogP contribution in [-0.2, 0) is 9.63 Å². The van der Waals surface area contributed by atoms with E-state index in [-0.39, 0.29) is 11.1 Å². The molecule has 0 aliphatic rings. The van der Waals surface area contributed by atoms with E-state index in [9.17, 15) is 14.4 Å². The van der Waals surface area contributed by atoms with Gasteiger partial charge in [-0.1, -0.05) is 78.0 Å². The van der Waals surface area contributed by atoms with Crippen molar-refractivity contribution in [3.05, 3.63) is 96.1 Å². The molecule has 0 aliphatic heterocycles. The molecule has 0 aliphatic carbocycles. The van der Waals surface area contributed by atoms with Crippen LogP contribution in [0, 0.1) is 0 Å². The number of rotatable bonds is 13. The Morgan fingerprint density at radius 1 is 0.480 bits per heavy atom. The molecule has 6 aromatic rings. The Morgan fingerprint density at radius 2 is 0.820 bits per heavy atom. The Bertz CT molecular complexity index is 2170. The van der Waals surface area contributed by atoms with Crippen LogP contribution in [0.3, 0.4) is 0 Å². The third-order valence-corrected chi connectivity index (χ3v) is 8.24. The standard InChI is InChI=1S/C41H37NO8/c1-6-46-38-31-16-12-10-14-27(31)29-20-18-25(22-33(29)40(38)48-8-3)36(44)35(42-50-24(5)43)37(45)26-19-21-30-28-15-11-13-17-32(28)39(47-7-2)41(49-9-4)34(30)23-26/h10-23H,6-9H2,1-5H3. The lowest BCUT2D eigenvalue weighted by molar-refractivity contribution is -0.140. The van der Waals surface area contributed by atoms with E-state index in [4.69, 9.17) is 23.8 Å². The van der Waals surface area contributed by atoms with Gasteiger partial charge in [-0.2, -0.15) is 0 Å². The molecular formula is C41H37NO8. The van der Waals surface area contributed by atoms with Crippen molar-refractivity contribution in [1.29, 1.82) is 0 Å². The highest BCUT2D eigenvalue weighted by atomic mass is 16.7. The number of fused-ring (bicyclic) bond motifs is 6. The summed E-state index contributed by atoms with van der Waals surface area (Å²) in [6.45, 7) is 10.2. The van der Waals surface area contributed by atoms with Crippen LogP contribution in [0.25, 0.3) is 43.1 Å². The molecule has 0 amide bonds. The average Bonchev–Trinajstić information content (AvgIpc) is 3.13. The summed E-state index contributed by atoms with van der Waals surface area (Å²) in [4.78, 5) is 45.3. The van der Waals surface area contributed by atoms with E-state index < -0.39 is 23.2 Å². The monoisotopic (exact) mass is 671 g/mol. The zero-order chi connectivity index (χ0) is 35.4. The second kappa shape index (κ2) is 14.7. The van der Waals surface area contributed by atoms with Crippen molar-refractivity contribution >= 4 is 66.3 Å². The van der Waals surface area contributed by atoms with E-state index in [2.05, 4.69) is 5.16 Å². The van der Waals surface area contributed by atoms with Gasteiger partial charge in [0, 0.05) is 39.6 Å². The van der Waals surface area contributed by atoms with E-state index in [1.807, 2.05) is 88.4 Å². The second-order valence-electron chi connectivity index (χ2n) is 11.3. The summed E-state index contributed by atoms with van der Waals surface area (Å²) in [5, 5.41) is 10.3. The van der Waals surface area contributed by atoms with Crippen molar-refractivity contribution in [3.63, 3.8) is 0 Å². The molecule has 0 fully saturated rings. The number of carbonyl (C=O) groups is 3. The minimum Gasteiger partial charge on any atom is -0.489 e. The molecule has 0 bridgehead atoms. The van der Waals surface area contributed by atoms with E-state index in [1.165, 1.54) is 0 Å². The van der Waals surface area contributed by atoms with Crippen LogP contribution < -0.4 is 18.9 Å². The van der Waals surface area contributed by atoms with Crippen LogP contribution >= 0.6 is 0 Å². The molecule has 6 aromatic carbocycles. The maximum absolute atomic E-state index is 14.2. The molecule has 0 aromatic heterocycles. The predicted molar refractivity (Wildman–Crippen MR) is 195 cm³/mol. The molecule has 0 N–H and O–H groups in total. The fourth-order valence-corrected chi connectivity index (χ4v) is 6.26.